The molecule has 10 heavy (non-hydrogen) atoms. The summed E-state index contributed by atoms with van der Waals surface area (Å²) < 4.78 is 3.10. The van der Waals surface area contributed by atoms with Gasteiger partial charge < -0.3 is 4.74 Å². The first-order valence-corrected chi connectivity index (χ1v) is 3.83. The molecule has 0 N–H and O–H groups in total. The standard InChI is InChI=1S/C5H5Cl3O2/c1-2-3(5(6,7)8)10-4(2)9/h2-3H,1H3/t2-,3+/m0/s1. The van der Waals surface area contributed by atoms with Gasteiger partial charge in [0.2, 0.25) is 3.79 Å². The Morgan fingerprint density at radius 3 is 2.10 bits per heavy atom. The highest BCUT2D eigenvalue weighted by Crippen LogP contribution is 2.41. The fourth-order valence-corrected chi connectivity index (χ4v) is 1.44. The molecule has 0 spiro atoms. The molecule has 2 nitrogen and oxygen atoms in total. The summed E-state index contributed by atoms with van der Waals surface area (Å²) in [5, 5.41) is 0. The number of carbonyl (C=O) groups excluding carboxylic acids is 1. The summed E-state index contributed by atoms with van der Waals surface area (Å²) in [6.45, 7) is 1.67. The molecule has 0 aromatic rings. The van der Waals surface area contributed by atoms with Crippen LogP contribution < -0.4 is 0 Å². The second-order valence-electron chi connectivity index (χ2n) is 2.19. The average molecular weight is 203 g/mol. The zero-order valence-electron chi connectivity index (χ0n) is 5.11. The molecule has 0 radical (unpaired) electrons. The van der Waals surface area contributed by atoms with Crippen molar-refractivity contribution in [1.29, 1.82) is 0 Å². The molecule has 1 heterocycles. The van der Waals surface area contributed by atoms with Crippen LogP contribution in [0.2, 0.25) is 0 Å². The maximum atomic E-state index is 10.5. The van der Waals surface area contributed by atoms with Gasteiger partial charge in [0.1, 0.15) is 0 Å². The van der Waals surface area contributed by atoms with Crippen LogP contribution in [0, 0.1) is 5.92 Å². The maximum absolute atomic E-state index is 10.5. The predicted molar refractivity (Wildman–Crippen MR) is 39.3 cm³/mol. The Labute approximate surface area is 73.4 Å². The molecule has 1 saturated heterocycles. The van der Waals surface area contributed by atoms with Crippen molar-refractivity contribution in [1.82, 2.24) is 0 Å². The van der Waals surface area contributed by atoms with Crippen molar-refractivity contribution in [3.63, 3.8) is 0 Å². The van der Waals surface area contributed by atoms with Crippen LogP contribution in [-0.2, 0) is 9.53 Å². The number of alkyl halides is 3. The minimum atomic E-state index is -1.48. The summed E-state index contributed by atoms with van der Waals surface area (Å²) in [7, 11) is 0. The average Bonchev–Trinajstić information content (AvgIpc) is 1.79. The van der Waals surface area contributed by atoms with Crippen LogP contribution in [0.1, 0.15) is 6.92 Å². The Balaban J connectivity index is 2.56. The van der Waals surface area contributed by atoms with Crippen molar-refractivity contribution in [2.24, 2.45) is 5.92 Å². The Morgan fingerprint density at radius 2 is 2.00 bits per heavy atom. The monoisotopic (exact) mass is 202 g/mol. The summed E-state index contributed by atoms with van der Waals surface area (Å²) in [5.74, 6) is -0.608. The molecule has 5 heteroatoms. The van der Waals surface area contributed by atoms with Gasteiger partial charge in [-0.05, 0) is 6.92 Å². The van der Waals surface area contributed by atoms with Gasteiger partial charge in [0, 0.05) is 0 Å². The molecule has 2 atom stereocenters. The molecule has 1 fully saturated rings. The second kappa shape index (κ2) is 2.43. The molecule has 1 aliphatic rings. The van der Waals surface area contributed by atoms with Crippen LogP contribution in [0.5, 0.6) is 0 Å². The second-order valence-corrected chi connectivity index (χ2v) is 4.56. The van der Waals surface area contributed by atoms with Gasteiger partial charge in [-0.25, -0.2) is 0 Å². The van der Waals surface area contributed by atoms with Crippen molar-refractivity contribution < 1.29 is 9.53 Å². The quantitative estimate of drug-likeness (QED) is 0.444. The number of carbonyl (C=O) groups is 1. The van der Waals surface area contributed by atoms with E-state index in [1.165, 1.54) is 0 Å². The minimum absolute atomic E-state index is 0.299. The molecule has 0 bridgehead atoms. The van der Waals surface area contributed by atoms with Crippen molar-refractivity contribution in [2.45, 2.75) is 16.8 Å². The summed E-state index contributed by atoms with van der Waals surface area (Å²) in [6.07, 6.45) is -0.579. The Morgan fingerprint density at radius 1 is 1.50 bits per heavy atom. The van der Waals surface area contributed by atoms with E-state index < -0.39 is 9.90 Å². The van der Waals surface area contributed by atoms with E-state index in [2.05, 4.69) is 4.74 Å². The summed E-state index contributed by atoms with van der Waals surface area (Å²) in [5.41, 5.74) is 0. The first-order chi connectivity index (χ1) is 4.43. The first kappa shape index (κ1) is 8.44. The lowest BCUT2D eigenvalue weighted by atomic mass is 10.0. The van der Waals surface area contributed by atoms with E-state index in [0.717, 1.165) is 0 Å². The van der Waals surface area contributed by atoms with E-state index in [1.807, 2.05) is 0 Å². The third kappa shape index (κ3) is 1.34. The van der Waals surface area contributed by atoms with Crippen LogP contribution in [0.4, 0.5) is 0 Å². The molecule has 0 aromatic carbocycles. The van der Waals surface area contributed by atoms with Crippen molar-refractivity contribution in [3.8, 4) is 0 Å². The molecule has 0 unspecified atom stereocenters. The summed E-state index contributed by atoms with van der Waals surface area (Å²) in [6, 6.07) is 0. The fraction of sp³-hybridized carbons (Fsp3) is 0.800. The van der Waals surface area contributed by atoms with E-state index in [1.54, 1.807) is 6.92 Å². The Hall–Kier alpha value is 0.340. The van der Waals surface area contributed by atoms with Crippen molar-refractivity contribution in [2.75, 3.05) is 0 Å². The highest BCUT2D eigenvalue weighted by atomic mass is 35.6. The lowest BCUT2D eigenvalue weighted by molar-refractivity contribution is -0.181. The molecule has 0 amide bonds. The van der Waals surface area contributed by atoms with Crippen LogP contribution >= 0.6 is 34.8 Å². The zero-order valence-corrected chi connectivity index (χ0v) is 7.37. The van der Waals surface area contributed by atoms with Gasteiger partial charge in [-0.15, -0.1) is 0 Å². The van der Waals surface area contributed by atoms with Gasteiger partial charge in [-0.3, -0.25) is 4.79 Å². The predicted octanol–water partition coefficient (Wildman–Crippen LogP) is 1.92. The molecule has 1 aliphatic heterocycles. The number of cyclic esters (lactones) is 1. The largest absolute Gasteiger partial charge is 0.457 e. The summed E-state index contributed by atoms with van der Waals surface area (Å²) in [4.78, 5) is 10.5. The van der Waals surface area contributed by atoms with Gasteiger partial charge in [0.25, 0.3) is 0 Å². The highest BCUT2D eigenvalue weighted by Gasteiger charge is 2.50. The van der Waals surface area contributed by atoms with E-state index >= 15 is 0 Å². The third-order valence-electron chi connectivity index (χ3n) is 1.39. The first-order valence-electron chi connectivity index (χ1n) is 2.70. The normalized spacial score (nSPS) is 33.0. The molecular weight excluding hydrogens is 198 g/mol. The van der Waals surface area contributed by atoms with E-state index in [4.69, 9.17) is 34.8 Å². The molecule has 0 saturated carbocycles. The number of halogens is 3. The molecule has 0 aromatic heterocycles. The van der Waals surface area contributed by atoms with Crippen LogP contribution in [0.25, 0.3) is 0 Å². The van der Waals surface area contributed by atoms with Gasteiger partial charge >= 0.3 is 5.97 Å². The lowest BCUT2D eigenvalue weighted by Crippen LogP contribution is -2.50. The highest BCUT2D eigenvalue weighted by molar-refractivity contribution is 6.68. The van der Waals surface area contributed by atoms with Crippen LogP contribution in [-0.4, -0.2) is 15.9 Å². The number of hydrogen-bond donors (Lipinski definition) is 0. The van der Waals surface area contributed by atoms with Gasteiger partial charge in [-0.2, -0.15) is 0 Å². The van der Waals surface area contributed by atoms with Gasteiger partial charge in [0.05, 0.1) is 5.92 Å². The fourth-order valence-electron chi connectivity index (χ4n) is 0.736. The Bertz CT molecular complexity index is 163. The topological polar surface area (TPSA) is 26.3 Å². The molecular formula is C5H5Cl3O2. The smallest absolute Gasteiger partial charge is 0.313 e. The van der Waals surface area contributed by atoms with Crippen LogP contribution in [0.15, 0.2) is 0 Å². The van der Waals surface area contributed by atoms with Crippen molar-refractivity contribution in [3.05, 3.63) is 0 Å². The van der Waals surface area contributed by atoms with Crippen LogP contribution in [0.3, 0.4) is 0 Å². The zero-order chi connectivity index (χ0) is 7.94. The van der Waals surface area contributed by atoms with Crippen molar-refractivity contribution >= 4 is 40.8 Å². The summed E-state index contributed by atoms with van der Waals surface area (Å²) >= 11 is 16.3. The lowest BCUT2D eigenvalue weighted by Gasteiger charge is -2.36. The third-order valence-corrected chi connectivity index (χ3v) is 2.04. The number of esters is 1. The van der Waals surface area contributed by atoms with Gasteiger partial charge in [0.15, 0.2) is 6.10 Å². The molecule has 1 rings (SSSR count). The molecule has 0 aliphatic carbocycles. The van der Waals surface area contributed by atoms with E-state index in [-0.39, 0.29) is 11.9 Å². The van der Waals surface area contributed by atoms with Gasteiger partial charge in [-0.1, -0.05) is 34.8 Å². The molecule has 58 valence electrons. The SMILES string of the molecule is C[C@@H]1C(=O)O[C@H]1C(Cl)(Cl)Cl. The number of ether oxygens (including phenoxy) is 1. The number of hydrogen-bond acceptors (Lipinski definition) is 2. The van der Waals surface area contributed by atoms with E-state index in [9.17, 15) is 4.79 Å². The number of rotatable bonds is 0. The minimum Gasteiger partial charge on any atom is -0.457 e. The van der Waals surface area contributed by atoms with E-state index in [0.29, 0.717) is 0 Å². The Kier molecular flexibility index (Phi) is 2.05. The maximum Gasteiger partial charge on any atom is 0.313 e.